The number of halogens is 2. The van der Waals surface area contributed by atoms with Crippen LogP contribution in [-0.4, -0.2) is 42.8 Å². The Kier molecular flexibility index (Phi) is 6.96. The van der Waals surface area contributed by atoms with Crippen LogP contribution in [-0.2, 0) is 23.8 Å². The van der Waals surface area contributed by atoms with Crippen molar-refractivity contribution in [3.05, 3.63) is 12.7 Å². The van der Waals surface area contributed by atoms with E-state index in [1.54, 1.807) is 41.5 Å². The third-order valence-electron chi connectivity index (χ3n) is 3.95. The Hall–Kier alpha value is -1.50. The molecule has 1 aliphatic heterocycles. The van der Waals surface area contributed by atoms with Gasteiger partial charge in [-0.3, -0.25) is 9.59 Å². The Labute approximate surface area is 154 Å². The molecule has 1 heterocycles. The molecule has 150 valence electrons. The van der Waals surface area contributed by atoms with E-state index in [-0.39, 0.29) is 13.0 Å². The van der Waals surface area contributed by atoms with E-state index in [1.807, 2.05) is 0 Å². The Bertz CT molecular complexity index is 531. The molecule has 0 unspecified atom stereocenters. The van der Waals surface area contributed by atoms with Gasteiger partial charge in [0, 0.05) is 12.8 Å². The molecule has 0 spiro atoms. The predicted octanol–water partition coefficient (Wildman–Crippen LogP) is 3.90. The van der Waals surface area contributed by atoms with Crippen molar-refractivity contribution in [3.8, 4) is 0 Å². The third-order valence-corrected chi connectivity index (χ3v) is 3.95. The lowest BCUT2D eigenvalue weighted by Gasteiger charge is -2.39. The number of esters is 2. The monoisotopic (exact) mass is 376 g/mol. The molecule has 1 fully saturated rings. The standard InChI is InChI=1S/C19H30F2O5/c1-8-9-19(20,21)14-10-12(25-15(22)17(2,3)4)13(11-24-14)26-16(23)18(5,6)7/h8,12-14H,1,9-11H2,2-7H3/t12-,13-,14-/m1/s1. The summed E-state index contributed by atoms with van der Waals surface area (Å²) in [7, 11) is 0. The molecule has 1 rings (SSSR count). The van der Waals surface area contributed by atoms with E-state index in [9.17, 15) is 18.4 Å². The molecule has 0 aliphatic carbocycles. The zero-order chi connectivity index (χ0) is 20.3. The van der Waals surface area contributed by atoms with Crippen molar-refractivity contribution in [1.29, 1.82) is 0 Å². The van der Waals surface area contributed by atoms with Crippen LogP contribution in [0.4, 0.5) is 8.78 Å². The van der Waals surface area contributed by atoms with E-state index < -0.39 is 53.4 Å². The van der Waals surface area contributed by atoms with Crippen LogP contribution in [0, 0.1) is 10.8 Å². The molecule has 26 heavy (non-hydrogen) atoms. The zero-order valence-corrected chi connectivity index (χ0v) is 16.4. The second-order valence-corrected chi connectivity index (χ2v) is 8.70. The number of hydrogen-bond donors (Lipinski definition) is 0. The van der Waals surface area contributed by atoms with E-state index in [1.165, 1.54) is 0 Å². The van der Waals surface area contributed by atoms with E-state index in [4.69, 9.17) is 14.2 Å². The molecule has 1 aliphatic rings. The lowest BCUT2D eigenvalue weighted by molar-refractivity contribution is -0.224. The number of hydrogen-bond acceptors (Lipinski definition) is 5. The Balaban J connectivity index is 2.98. The van der Waals surface area contributed by atoms with Crippen LogP contribution >= 0.6 is 0 Å². The highest BCUT2D eigenvalue weighted by atomic mass is 19.3. The average Bonchev–Trinajstić information content (AvgIpc) is 2.46. The van der Waals surface area contributed by atoms with Gasteiger partial charge in [0.2, 0.25) is 0 Å². The first kappa shape index (κ1) is 22.5. The summed E-state index contributed by atoms with van der Waals surface area (Å²) < 4.78 is 44.5. The molecule has 0 N–H and O–H groups in total. The molecule has 0 amide bonds. The fraction of sp³-hybridized carbons (Fsp3) is 0.789. The molecule has 0 saturated carbocycles. The van der Waals surface area contributed by atoms with E-state index in [0.29, 0.717) is 0 Å². The average molecular weight is 376 g/mol. The molecule has 5 nitrogen and oxygen atoms in total. The third kappa shape index (κ3) is 6.04. The molecule has 1 saturated heterocycles. The normalized spacial score (nSPS) is 24.7. The van der Waals surface area contributed by atoms with Crippen molar-refractivity contribution in [2.45, 2.75) is 78.6 Å². The van der Waals surface area contributed by atoms with Crippen molar-refractivity contribution in [3.63, 3.8) is 0 Å². The lowest BCUT2D eigenvalue weighted by Crippen LogP contribution is -2.52. The maximum Gasteiger partial charge on any atom is 0.311 e. The van der Waals surface area contributed by atoms with E-state index in [2.05, 4.69) is 6.58 Å². The number of carbonyl (C=O) groups excluding carboxylic acids is 2. The van der Waals surface area contributed by atoms with Gasteiger partial charge in [-0.05, 0) is 41.5 Å². The van der Waals surface area contributed by atoms with Crippen LogP contribution < -0.4 is 0 Å². The first-order chi connectivity index (χ1) is 11.7. The summed E-state index contributed by atoms with van der Waals surface area (Å²) in [5.41, 5.74) is -1.59. The quantitative estimate of drug-likeness (QED) is 0.538. The summed E-state index contributed by atoms with van der Waals surface area (Å²) in [5.74, 6) is -4.21. The number of allylic oxidation sites excluding steroid dienone is 1. The maximum atomic E-state index is 14.2. The number of rotatable bonds is 5. The van der Waals surface area contributed by atoms with Crippen LogP contribution in [0.15, 0.2) is 12.7 Å². The Morgan fingerprint density at radius 1 is 1.04 bits per heavy atom. The fourth-order valence-corrected chi connectivity index (χ4v) is 2.23. The van der Waals surface area contributed by atoms with Gasteiger partial charge in [0.1, 0.15) is 12.2 Å². The van der Waals surface area contributed by atoms with Crippen LogP contribution in [0.3, 0.4) is 0 Å². The highest BCUT2D eigenvalue weighted by molar-refractivity contribution is 5.76. The summed E-state index contributed by atoms with van der Waals surface area (Å²) in [6, 6.07) is 0. The van der Waals surface area contributed by atoms with Gasteiger partial charge >= 0.3 is 11.9 Å². The molecule has 0 aromatic heterocycles. The first-order valence-electron chi connectivity index (χ1n) is 8.71. The highest BCUT2D eigenvalue weighted by Gasteiger charge is 2.48. The van der Waals surface area contributed by atoms with Gasteiger partial charge in [-0.1, -0.05) is 6.08 Å². The van der Waals surface area contributed by atoms with Gasteiger partial charge < -0.3 is 14.2 Å². The van der Waals surface area contributed by atoms with Gasteiger partial charge in [0.15, 0.2) is 6.10 Å². The summed E-state index contributed by atoms with van der Waals surface area (Å²) in [5, 5.41) is 0. The van der Waals surface area contributed by atoms with Crippen molar-refractivity contribution in [1.82, 2.24) is 0 Å². The highest BCUT2D eigenvalue weighted by Crippen LogP contribution is 2.35. The molecular weight excluding hydrogens is 346 g/mol. The molecule has 0 aromatic carbocycles. The van der Waals surface area contributed by atoms with Gasteiger partial charge in [0.05, 0.1) is 17.4 Å². The summed E-state index contributed by atoms with van der Waals surface area (Å²) in [6.45, 7) is 13.1. The number of alkyl halides is 2. The Morgan fingerprint density at radius 2 is 1.50 bits per heavy atom. The van der Waals surface area contributed by atoms with Crippen molar-refractivity contribution in [2.75, 3.05) is 6.61 Å². The van der Waals surface area contributed by atoms with E-state index >= 15 is 0 Å². The topological polar surface area (TPSA) is 61.8 Å². The SMILES string of the molecule is C=CCC(F)(F)[C@H]1C[C@@H](OC(=O)C(C)(C)C)[C@H](OC(=O)C(C)(C)C)CO1. The van der Waals surface area contributed by atoms with Gasteiger partial charge in [-0.25, -0.2) is 8.78 Å². The van der Waals surface area contributed by atoms with Crippen LogP contribution in [0.1, 0.15) is 54.4 Å². The van der Waals surface area contributed by atoms with Gasteiger partial charge in [-0.2, -0.15) is 0 Å². The van der Waals surface area contributed by atoms with Gasteiger partial charge in [0.25, 0.3) is 5.92 Å². The number of ether oxygens (including phenoxy) is 3. The predicted molar refractivity (Wildman–Crippen MR) is 92.8 cm³/mol. The van der Waals surface area contributed by atoms with E-state index in [0.717, 1.165) is 6.08 Å². The molecule has 0 bridgehead atoms. The summed E-state index contributed by atoms with van der Waals surface area (Å²) >= 11 is 0. The fourth-order valence-electron chi connectivity index (χ4n) is 2.23. The second-order valence-electron chi connectivity index (χ2n) is 8.70. The van der Waals surface area contributed by atoms with Crippen LogP contribution in [0.25, 0.3) is 0 Å². The first-order valence-corrected chi connectivity index (χ1v) is 8.71. The molecular formula is C19H30F2O5. The molecule has 3 atom stereocenters. The second kappa shape index (κ2) is 8.03. The van der Waals surface area contributed by atoms with Crippen LogP contribution in [0.5, 0.6) is 0 Å². The van der Waals surface area contributed by atoms with Crippen molar-refractivity contribution >= 4 is 11.9 Å². The van der Waals surface area contributed by atoms with Crippen molar-refractivity contribution in [2.24, 2.45) is 10.8 Å². The zero-order valence-electron chi connectivity index (χ0n) is 16.4. The minimum absolute atomic E-state index is 0.259. The van der Waals surface area contributed by atoms with Crippen LogP contribution in [0.2, 0.25) is 0 Å². The lowest BCUT2D eigenvalue weighted by atomic mass is 9.94. The smallest absolute Gasteiger partial charge is 0.311 e. The molecule has 7 heteroatoms. The minimum Gasteiger partial charge on any atom is -0.458 e. The molecule has 0 radical (unpaired) electrons. The minimum atomic E-state index is -3.15. The largest absolute Gasteiger partial charge is 0.458 e. The summed E-state index contributed by atoms with van der Waals surface area (Å²) in [4.78, 5) is 24.4. The van der Waals surface area contributed by atoms with Crippen molar-refractivity contribution < 1.29 is 32.6 Å². The van der Waals surface area contributed by atoms with Gasteiger partial charge in [-0.15, -0.1) is 6.58 Å². The molecule has 0 aromatic rings. The summed E-state index contributed by atoms with van der Waals surface area (Å²) in [6.07, 6.45) is -3.06. The Morgan fingerprint density at radius 3 is 1.92 bits per heavy atom. The number of carbonyl (C=O) groups is 2. The maximum absolute atomic E-state index is 14.2.